The molecule has 0 bridgehead atoms. The van der Waals surface area contributed by atoms with Crippen molar-refractivity contribution in [1.29, 1.82) is 0 Å². The lowest BCUT2D eigenvalue weighted by Crippen LogP contribution is -2.20. The van der Waals surface area contributed by atoms with E-state index in [1.807, 2.05) is 0 Å². The van der Waals surface area contributed by atoms with Crippen molar-refractivity contribution in [2.45, 2.75) is 19.4 Å². The Kier molecular flexibility index (Phi) is 4.24. The van der Waals surface area contributed by atoms with Crippen LogP contribution in [0.15, 0.2) is 46.4 Å². The van der Waals surface area contributed by atoms with Gasteiger partial charge in [0.05, 0.1) is 0 Å². The summed E-state index contributed by atoms with van der Waals surface area (Å²) in [4.78, 5) is 4.70. The molecule has 1 unspecified atom stereocenters. The van der Waals surface area contributed by atoms with Gasteiger partial charge in [-0.25, -0.2) is 0 Å². The molecule has 1 aromatic carbocycles. The number of para-hydroxylation sites is 1. The van der Waals surface area contributed by atoms with Crippen LogP contribution >= 0.6 is 27.3 Å². The summed E-state index contributed by atoms with van der Waals surface area (Å²) in [7, 11) is 0. The van der Waals surface area contributed by atoms with Gasteiger partial charge < -0.3 is 10.3 Å². The molecule has 2 aromatic heterocycles. The van der Waals surface area contributed by atoms with Gasteiger partial charge in [0.15, 0.2) is 0 Å². The fraction of sp³-hybridized carbons (Fsp3) is 0.250. The highest BCUT2D eigenvalue weighted by Crippen LogP contribution is 2.25. The van der Waals surface area contributed by atoms with Gasteiger partial charge in [-0.15, -0.1) is 11.3 Å². The van der Waals surface area contributed by atoms with Gasteiger partial charge >= 0.3 is 0 Å². The van der Waals surface area contributed by atoms with Gasteiger partial charge in [-0.05, 0) is 53.5 Å². The zero-order chi connectivity index (χ0) is 13.9. The first-order valence-electron chi connectivity index (χ1n) is 6.76. The average molecular weight is 349 g/mol. The number of halogens is 1. The van der Waals surface area contributed by atoms with Crippen molar-refractivity contribution in [2.75, 3.05) is 6.54 Å². The molecule has 0 saturated heterocycles. The number of thiophene rings is 1. The summed E-state index contributed by atoms with van der Waals surface area (Å²) < 4.78 is 1.17. The van der Waals surface area contributed by atoms with Gasteiger partial charge in [-0.3, -0.25) is 0 Å². The van der Waals surface area contributed by atoms with Crippen molar-refractivity contribution in [1.82, 2.24) is 10.3 Å². The third-order valence-electron chi connectivity index (χ3n) is 3.53. The first-order chi connectivity index (χ1) is 9.74. The molecule has 4 heteroatoms. The maximum absolute atomic E-state index is 3.59. The molecule has 1 atom stereocenters. The number of aromatic nitrogens is 1. The van der Waals surface area contributed by atoms with Crippen molar-refractivity contribution >= 4 is 38.2 Å². The number of hydrogen-bond acceptors (Lipinski definition) is 2. The molecule has 0 saturated carbocycles. The van der Waals surface area contributed by atoms with E-state index in [-0.39, 0.29) is 0 Å². The lowest BCUT2D eigenvalue weighted by atomic mass is 10.1. The first kappa shape index (κ1) is 13.9. The van der Waals surface area contributed by atoms with E-state index in [9.17, 15) is 0 Å². The van der Waals surface area contributed by atoms with Crippen LogP contribution in [0.2, 0.25) is 0 Å². The van der Waals surface area contributed by atoms with Gasteiger partial charge in [0, 0.05) is 37.9 Å². The van der Waals surface area contributed by atoms with E-state index in [2.05, 4.69) is 75.1 Å². The topological polar surface area (TPSA) is 27.8 Å². The molecule has 0 aliphatic rings. The summed E-state index contributed by atoms with van der Waals surface area (Å²) in [6.45, 7) is 3.20. The second kappa shape index (κ2) is 6.12. The zero-order valence-electron chi connectivity index (χ0n) is 11.3. The average Bonchev–Trinajstić information content (AvgIpc) is 3.06. The minimum atomic E-state index is 0.400. The van der Waals surface area contributed by atoms with Crippen LogP contribution in [0.5, 0.6) is 0 Å². The molecular formula is C16H17BrN2S. The van der Waals surface area contributed by atoms with E-state index >= 15 is 0 Å². The number of aromatic amines is 1. The minimum absolute atomic E-state index is 0.400. The molecular weight excluding hydrogens is 332 g/mol. The van der Waals surface area contributed by atoms with Crippen LogP contribution in [-0.4, -0.2) is 11.5 Å². The van der Waals surface area contributed by atoms with Crippen molar-refractivity contribution < 1.29 is 0 Å². The van der Waals surface area contributed by atoms with Gasteiger partial charge in [0.1, 0.15) is 0 Å². The number of nitrogens with one attached hydrogen (secondary N) is 2. The van der Waals surface area contributed by atoms with Crippen molar-refractivity contribution in [3.05, 3.63) is 56.8 Å². The van der Waals surface area contributed by atoms with E-state index < -0.39 is 0 Å². The molecule has 2 nitrogen and oxygen atoms in total. The van der Waals surface area contributed by atoms with Gasteiger partial charge in [0.25, 0.3) is 0 Å². The van der Waals surface area contributed by atoms with Crippen molar-refractivity contribution in [3.8, 4) is 0 Å². The third kappa shape index (κ3) is 2.97. The lowest BCUT2D eigenvalue weighted by Gasteiger charge is -2.11. The Hall–Kier alpha value is -1.10. The first-order valence-corrected chi connectivity index (χ1v) is 8.43. The second-order valence-corrected chi connectivity index (χ2v) is 6.81. The van der Waals surface area contributed by atoms with Crippen LogP contribution in [0.3, 0.4) is 0 Å². The number of rotatable bonds is 5. The Morgan fingerprint density at radius 1 is 1.35 bits per heavy atom. The smallest absolute Gasteiger partial charge is 0.0456 e. The minimum Gasteiger partial charge on any atom is -0.361 e. The Labute approximate surface area is 131 Å². The zero-order valence-corrected chi connectivity index (χ0v) is 13.7. The Morgan fingerprint density at radius 3 is 3.00 bits per heavy atom. The number of benzene rings is 1. The summed E-state index contributed by atoms with van der Waals surface area (Å²) >= 11 is 5.30. The second-order valence-electron chi connectivity index (χ2n) is 4.95. The Bertz CT molecular complexity index is 701. The third-order valence-corrected chi connectivity index (χ3v) is 5.41. The van der Waals surface area contributed by atoms with E-state index in [4.69, 9.17) is 0 Å². The van der Waals surface area contributed by atoms with E-state index in [1.165, 1.54) is 25.8 Å². The fourth-order valence-electron chi connectivity index (χ4n) is 2.42. The standard InChI is InChI=1S/C16H17BrN2S/c1-11(16-8-13(17)10-20-16)18-7-6-12-9-19-15-5-3-2-4-14(12)15/h2-5,8-11,18-19H,6-7H2,1H3. The predicted molar refractivity (Wildman–Crippen MR) is 90.4 cm³/mol. The molecule has 0 fully saturated rings. The number of H-pyrrole nitrogens is 1. The van der Waals surface area contributed by atoms with Gasteiger partial charge in [-0.1, -0.05) is 18.2 Å². The molecule has 0 aliphatic carbocycles. The quantitative estimate of drug-likeness (QED) is 0.675. The monoisotopic (exact) mass is 348 g/mol. The van der Waals surface area contributed by atoms with Crippen molar-refractivity contribution in [3.63, 3.8) is 0 Å². The molecule has 2 N–H and O–H groups in total. The van der Waals surface area contributed by atoms with Gasteiger partial charge in [-0.2, -0.15) is 0 Å². The normalized spacial score (nSPS) is 12.9. The van der Waals surface area contributed by atoms with E-state index in [0.717, 1.165) is 13.0 Å². The summed E-state index contributed by atoms with van der Waals surface area (Å²) in [6, 6.07) is 11.1. The fourth-order valence-corrected chi connectivity index (χ4v) is 3.90. The van der Waals surface area contributed by atoms with Crippen LogP contribution in [-0.2, 0) is 6.42 Å². The lowest BCUT2D eigenvalue weighted by molar-refractivity contribution is 0.585. The number of fused-ring (bicyclic) bond motifs is 1. The molecule has 104 valence electrons. The summed E-state index contributed by atoms with van der Waals surface area (Å²) in [5.41, 5.74) is 2.60. The predicted octanol–water partition coefficient (Wildman–Crippen LogP) is 4.89. The van der Waals surface area contributed by atoms with Crippen LogP contribution in [0, 0.1) is 0 Å². The van der Waals surface area contributed by atoms with Crippen LogP contribution in [0.4, 0.5) is 0 Å². The summed E-state index contributed by atoms with van der Waals surface area (Å²) in [6.07, 6.45) is 3.17. The van der Waals surface area contributed by atoms with E-state index in [0.29, 0.717) is 6.04 Å². The molecule has 3 rings (SSSR count). The van der Waals surface area contributed by atoms with Gasteiger partial charge in [0.2, 0.25) is 0 Å². The van der Waals surface area contributed by atoms with E-state index in [1.54, 1.807) is 11.3 Å². The molecule has 0 amide bonds. The summed E-state index contributed by atoms with van der Waals surface area (Å²) in [5.74, 6) is 0. The molecule has 2 heterocycles. The highest BCUT2D eigenvalue weighted by molar-refractivity contribution is 9.10. The SMILES string of the molecule is CC(NCCc1c[nH]c2ccccc12)c1cc(Br)cs1. The number of hydrogen-bond donors (Lipinski definition) is 2. The Balaban J connectivity index is 1.60. The maximum Gasteiger partial charge on any atom is 0.0456 e. The maximum atomic E-state index is 3.59. The molecule has 20 heavy (non-hydrogen) atoms. The highest BCUT2D eigenvalue weighted by Gasteiger charge is 2.08. The Morgan fingerprint density at radius 2 is 2.20 bits per heavy atom. The summed E-state index contributed by atoms with van der Waals surface area (Å²) in [5, 5.41) is 7.06. The molecule has 0 radical (unpaired) electrons. The highest BCUT2D eigenvalue weighted by atomic mass is 79.9. The van der Waals surface area contributed by atoms with Crippen LogP contribution in [0.1, 0.15) is 23.4 Å². The molecule has 3 aromatic rings. The molecule has 0 spiro atoms. The molecule has 0 aliphatic heterocycles. The van der Waals surface area contributed by atoms with Crippen molar-refractivity contribution in [2.24, 2.45) is 0 Å². The largest absolute Gasteiger partial charge is 0.361 e. The van der Waals surface area contributed by atoms with Crippen LogP contribution < -0.4 is 5.32 Å². The van der Waals surface area contributed by atoms with Crippen LogP contribution in [0.25, 0.3) is 10.9 Å².